The Morgan fingerprint density at radius 2 is 1.93 bits per heavy atom. The summed E-state index contributed by atoms with van der Waals surface area (Å²) in [5.41, 5.74) is 0. The number of rotatable bonds is 4. The van der Waals surface area contributed by atoms with Gasteiger partial charge in [0.2, 0.25) is 0 Å². The summed E-state index contributed by atoms with van der Waals surface area (Å²) in [5.74, 6) is -0.574. The van der Waals surface area contributed by atoms with Crippen LogP contribution in [0.3, 0.4) is 0 Å². The van der Waals surface area contributed by atoms with Gasteiger partial charge >= 0.3 is 5.97 Å². The van der Waals surface area contributed by atoms with E-state index in [4.69, 9.17) is 0 Å². The molecule has 0 amide bonds. The average Bonchev–Trinajstić information content (AvgIpc) is 2.70. The summed E-state index contributed by atoms with van der Waals surface area (Å²) in [6.07, 6.45) is 4.68. The zero-order valence-electron chi connectivity index (χ0n) is 8.91. The summed E-state index contributed by atoms with van der Waals surface area (Å²) >= 11 is 0. The van der Waals surface area contributed by atoms with E-state index in [1.807, 2.05) is 0 Å². The van der Waals surface area contributed by atoms with Crippen molar-refractivity contribution in [2.24, 2.45) is 11.8 Å². The molecule has 0 aromatic heterocycles. The molecule has 0 heterocycles. The predicted molar refractivity (Wildman–Crippen MR) is 52.8 cm³/mol. The minimum atomic E-state index is -0.493. The van der Waals surface area contributed by atoms with Crippen LogP contribution in [0.15, 0.2) is 0 Å². The maximum atomic E-state index is 11.6. The summed E-state index contributed by atoms with van der Waals surface area (Å²) in [6, 6.07) is 0. The van der Waals surface area contributed by atoms with Gasteiger partial charge in [-0.25, -0.2) is 0 Å². The number of ketones is 1. The molecule has 3 nitrogen and oxygen atoms in total. The highest BCUT2D eigenvalue weighted by molar-refractivity contribution is 5.99. The van der Waals surface area contributed by atoms with E-state index in [1.165, 1.54) is 7.11 Å². The van der Waals surface area contributed by atoms with Gasteiger partial charge in [0, 0.05) is 6.42 Å². The highest BCUT2D eigenvalue weighted by Crippen LogP contribution is 2.33. The van der Waals surface area contributed by atoms with Crippen LogP contribution < -0.4 is 0 Å². The SMILES string of the molecule is CCC(=O)C(C(=O)OC)C1CCCC1. The second-order valence-corrected chi connectivity index (χ2v) is 3.87. The molecule has 1 saturated carbocycles. The molecule has 0 bridgehead atoms. The lowest BCUT2D eigenvalue weighted by molar-refractivity contribution is -0.151. The molecule has 1 atom stereocenters. The number of Topliss-reactive ketones (excluding diaryl/α,β-unsaturated/α-hetero) is 1. The average molecular weight is 198 g/mol. The number of esters is 1. The molecule has 0 aliphatic heterocycles. The van der Waals surface area contributed by atoms with Gasteiger partial charge in [-0.2, -0.15) is 0 Å². The number of hydrogen-bond acceptors (Lipinski definition) is 3. The summed E-state index contributed by atoms with van der Waals surface area (Å²) < 4.78 is 4.69. The van der Waals surface area contributed by atoms with Crippen LogP contribution in [0.25, 0.3) is 0 Å². The standard InChI is InChI=1S/C11H18O3/c1-3-9(12)10(11(13)14-2)8-6-4-5-7-8/h8,10H,3-7H2,1-2H3. The van der Waals surface area contributed by atoms with Crippen LogP contribution >= 0.6 is 0 Å². The normalized spacial score (nSPS) is 19.3. The van der Waals surface area contributed by atoms with E-state index in [-0.39, 0.29) is 17.7 Å². The fourth-order valence-electron chi connectivity index (χ4n) is 2.22. The smallest absolute Gasteiger partial charge is 0.316 e. The van der Waals surface area contributed by atoms with Crippen molar-refractivity contribution in [1.82, 2.24) is 0 Å². The molecule has 0 aromatic rings. The van der Waals surface area contributed by atoms with E-state index < -0.39 is 5.92 Å². The number of methoxy groups -OCH3 is 1. The van der Waals surface area contributed by atoms with Gasteiger partial charge in [0.15, 0.2) is 0 Å². The van der Waals surface area contributed by atoms with Gasteiger partial charge in [-0.1, -0.05) is 19.8 Å². The fraction of sp³-hybridized carbons (Fsp3) is 0.818. The third-order valence-electron chi connectivity index (χ3n) is 3.02. The van der Waals surface area contributed by atoms with Gasteiger partial charge < -0.3 is 4.74 Å². The van der Waals surface area contributed by atoms with Crippen molar-refractivity contribution >= 4 is 11.8 Å². The van der Waals surface area contributed by atoms with Crippen LogP contribution in [0.4, 0.5) is 0 Å². The number of carbonyl (C=O) groups is 2. The van der Waals surface area contributed by atoms with Crippen LogP contribution in [0.1, 0.15) is 39.0 Å². The van der Waals surface area contributed by atoms with Crippen molar-refractivity contribution < 1.29 is 14.3 Å². The molecule has 3 heteroatoms. The molecule has 80 valence electrons. The first kappa shape index (κ1) is 11.2. The Bertz CT molecular complexity index is 201. The third kappa shape index (κ3) is 2.34. The minimum absolute atomic E-state index is 0.0313. The zero-order chi connectivity index (χ0) is 10.6. The van der Waals surface area contributed by atoms with Crippen molar-refractivity contribution in [2.45, 2.75) is 39.0 Å². The van der Waals surface area contributed by atoms with E-state index in [1.54, 1.807) is 6.92 Å². The van der Waals surface area contributed by atoms with Gasteiger partial charge in [-0.3, -0.25) is 9.59 Å². The molecule has 1 rings (SSSR count). The van der Waals surface area contributed by atoms with E-state index in [2.05, 4.69) is 4.74 Å². The Labute approximate surface area is 84.8 Å². The van der Waals surface area contributed by atoms with Crippen LogP contribution in [0, 0.1) is 11.8 Å². The lowest BCUT2D eigenvalue weighted by atomic mass is 9.86. The topological polar surface area (TPSA) is 43.4 Å². The van der Waals surface area contributed by atoms with Crippen LogP contribution in [0.5, 0.6) is 0 Å². The largest absolute Gasteiger partial charge is 0.468 e. The van der Waals surface area contributed by atoms with Crippen molar-refractivity contribution in [3.63, 3.8) is 0 Å². The highest BCUT2D eigenvalue weighted by Gasteiger charge is 2.35. The molecule has 0 N–H and O–H groups in total. The van der Waals surface area contributed by atoms with Crippen molar-refractivity contribution in [1.29, 1.82) is 0 Å². The quantitative estimate of drug-likeness (QED) is 0.512. The van der Waals surface area contributed by atoms with Crippen LogP contribution in [-0.2, 0) is 14.3 Å². The van der Waals surface area contributed by atoms with Crippen molar-refractivity contribution in [2.75, 3.05) is 7.11 Å². The summed E-state index contributed by atoms with van der Waals surface area (Å²) in [5, 5.41) is 0. The zero-order valence-corrected chi connectivity index (χ0v) is 8.91. The molecule has 0 aromatic carbocycles. The number of ether oxygens (including phenoxy) is 1. The Kier molecular flexibility index (Phi) is 4.11. The summed E-state index contributed by atoms with van der Waals surface area (Å²) in [7, 11) is 1.35. The van der Waals surface area contributed by atoms with Crippen LogP contribution in [0.2, 0.25) is 0 Å². The predicted octanol–water partition coefficient (Wildman–Crippen LogP) is 1.94. The highest BCUT2D eigenvalue weighted by atomic mass is 16.5. The molecule has 1 aliphatic rings. The maximum Gasteiger partial charge on any atom is 0.316 e. The molecule has 1 unspecified atom stereocenters. The van der Waals surface area contributed by atoms with E-state index >= 15 is 0 Å². The maximum absolute atomic E-state index is 11.6. The summed E-state index contributed by atoms with van der Waals surface area (Å²) in [4.78, 5) is 23.1. The molecule has 0 spiro atoms. The molecular formula is C11H18O3. The third-order valence-corrected chi connectivity index (χ3v) is 3.02. The van der Waals surface area contributed by atoms with Gasteiger partial charge in [0.25, 0.3) is 0 Å². The van der Waals surface area contributed by atoms with Gasteiger partial charge in [0.05, 0.1) is 7.11 Å². The van der Waals surface area contributed by atoms with Gasteiger partial charge in [-0.05, 0) is 18.8 Å². The summed E-state index contributed by atoms with van der Waals surface area (Å²) in [6.45, 7) is 1.80. The van der Waals surface area contributed by atoms with Gasteiger partial charge in [-0.15, -0.1) is 0 Å². The molecule has 1 aliphatic carbocycles. The second kappa shape index (κ2) is 5.13. The molecule has 14 heavy (non-hydrogen) atoms. The van der Waals surface area contributed by atoms with E-state index in [0.717, 1.165) is 25.7 Å². The Morgan fingerprint density at radius 3 is 2.36 bits per heavy atom. The lowest BCUT2D eigenvalue weighted by Gasteiger charge is -2.18. The number of carbonyl (C=O) groups excluding carboxylic acids is 2. The first-order valence-electron chi connectivity index (χ1n) is 5.31. The lowest BCUT2D eigenvalue weighted by Crippen LogP contribution is -2.30. The molecule has 0 saturated heterocycles. The number of hydrogen-bond donors (Lipinski definition) is 0. The monoisotopic (exact) mass is 198 g/mol. The Hall–Kier alpha value is -0.860. The molecule has 1 fully saturated rings. The minimum Gasteiger partial charge on any atom is -0.468 e. The molecular weight excluding hydrogens is 180 g/mol. The Balaban J connectivity index is 2.69. The first-order chi connectivity index (χ1) is 6.70. The first-order valence-corrected chi connectivity index (χ1v) is 5.31. The van der Waals surface area contributed by atoms with E-state index in [0.29, 0.717) is 6.42 Å². The fourth-order valence-corrected chi connectivity index (χ4v) is 2.22. The van der Waals surface area contributed by atoms with Crippen LogP contribution in [-0.4, -0.2) is 18.9 Å². The van der Waals surface area contributed by atoms with Crippen molar-refractivity contribution in [3.8, 4) is 0 Å². The second-order valence-electron chi connectivity index (χ2n) is 3.87. The Morgan fingerprint density at radius 1 is 1.36 bits per heavy atom. The van der Waals surface area contributed by atoms with Crippen molar-refractivity contribution in [3.05, 3.63) is 0 Å². The molecule has 0 radical (unpaired) electrons. The van der Waals surface area contributed by atoms with Gasteiger partial charge in [0.1, 0.15) is 11.7 Å². The van der Waals surface area contributed by atoms with E-state index in [9.17, 15) is 9.59 Å².